The number of hydrogen-bond acceptors (Lipinski definition) is 2. The average molecular weight is 822 g/mol. The predicted molar refractivity (Wildman–Crippen MR) is 268 cm³/mol. The number of rotatable bonds is 10. The minimum Gasteiger partial charge on any atom is -0.455 e. The standard InChI is InChI=1S/C60H43NOSi/c1-5-16-44(17-6-1)46-32-36-49(37-33-46)61(51-40-42-55(43-41-51)63(52-18-7-2-8-19-52,53-20-9-3-10-21-53)54-22-11-4-12-23-54)50-38-34-47(35-39-50)45-28-30-48(31-29-45)56-25-15-26-58-57-24-13-14-27-59(57)62-60(56)58/h1-43H. The van der Waals surface area contributed by atoms with Crippen molar-refractivity contribution in [1.82, 2.24) is 0 Å². The smallest absolute Gasteiger partial charge is 0.179 e. The fourth-order valence-electron chi connectivity index (χ4n) is 9.43. The van der Waals surface area contributed by atoms with Crippen molar-refractivity contribution in [3.05, 3.63) is 261 Å². The van der Waals surface area contributed by atoms with Crippen LogP contribution in [-0.4, -0.2) is 8.07 Å². The molecule has 0 saturated heterocycles. The van der Waals surface area contributed by atoms with Gasteiger partial charge in [-0.2, -0.15) is 0 Å². The van der Waals surface area contributed by atoms with Crippen LogP contribution in [-0.2, 0) is 0 Å². The highest BCUT2D eigenvalue weighted by Crippen LogP contribution is 2.39. The van der Waals surface area contributed by atoms with Crippen molar-refractivity contribution in [2.75, 3.05) is 4.90 Å². The van der Waals surface area contributed by atoms with Crippen LogP contribution in [0.25, 0.3) is 55.3 Å². The fourth-order valence-corrected chi connectivity index (χ4v) is 14.2. The molecule has 0 aliphatic rings. The minimum atomic E-state index is -2.68. The third kappa shape index (κ3) is 6.95. The summed E-state index contributed by atoms with van der Waals surface area (Å²) in [6, 6.07) is 94.7. The van der Waals surface area contributed by atoms with Crippen molar-refractivity contribution in [3.63, 3.8) is 0 Å². The van der Waals surface area contributed by atoms with E-state index in [2.05, 4.69) is 254 Å². The van der Waals surface area contributed by atoms with E-state index in [0.717, 1.165) is 61.3 Å². The Balaban J connectivity index is 0.977. The third-order valence-corrected chi connectivity index (χ3v) is 17.3. The number of hydrogen-bond donors (Lipinski definition) is 0. The maximum Gasteiger partial charge on any atom is 0.179 e. The van der Waals surface area contributed by atoms with Gasteiger partial charge in [0, 0.05) is 33.4 Å². The monoisotopic (exact) mass is 821 g/mol. The molecule has 1 aromatic heterocycles. The van der Waals surface area contributed by atoms with Gasteiger partial charge >= 0.3 is 0 Å². The van der Waals surface area contributed by atoms with Crippen LogP contribution in [0.2, 0.25) is 0 Å². The van der Waals surface area contributed by atoms with Gasteiger partial charge in [-0.25, -0.2) is 0 Å². The van der Waals surface area contributed by atoms with Crippen LogP contribution >= 0.6 is 0 Å². The van der Waals surface area contributed by atoms with Gasteiger partial charge in [0.25, 0.3) is 0 Å². The molecule has 0 aliphatic heterocycles. The predicted octanol–water partition coefficient (Wildman–Crippen LogP) is 13.4. The first kappa shape index (κ1) is 38.0. The van der Waals surface area contributed by atoms with Crippen LogP contribution in [0, 0.1) is 0 Å². The van der Waals surface area contributed by atoms with Gasteiger partial charge in [-0.15, -0.1) is 0 Å². The molecule has 0 saturated carbocycles. The molecule has 0 atom stereocenters. The first-order valence-corrected chi connectivity index (χ1v) is 23.6. The van der Waals surface area contributed by atoms with Crippen LogP contribution < -0.4 is 25.6 Å². The minimum absolute atomic E-state index is 0.912. The molecule has 0 fully saturated rings. The van der Waals surface area contributed by atoms with E-state index in [1.54, 1.807) is 0 Å². The topological polar surface area (TPSA) is 16.4 Å². The molecule has 11 aromatic rings. The lowest BCUT2D eigenvalue weighted by Gasteiger charge is -2.35. The number of nitrogens with zero attached hydrogens (tertiary/aromatic N) is 1. The highest BCUT2D eigenvalue weighted by atomic mass is 28.3. The molecule has 0 amide bonds. The van der Waals surface area contributed by atoms with E-state index in [0.29, 0.717) is 0 Å². The second kappa shape index (κ2) is 16.5. The summed E-state index contributed by atoms with van der Waals surface area (Å²) in [5.41, 5.74) is 12.1. The van der Waals surface area contributed by atoms with E-state index in [1.807, 2.05) is 12.1 Å². The molecule has 2 nitrogen and oxygen atoms in total. The van der Waals surface area contributed by atoms with Crippen LogP contribution in [0.4, 0.5) is 17.1 Å². The summed E-state index contributed by atoms with van der Waals surface area (Å²) < 4.78 is 6.37. The largest absolute Gasteiger partial charge is 0.455 e. The fraction of sp³-hybridized carbons (Fsp3) is 0. The summed E-state index contributed by atoms with van der Waals surface area (Å²) in [4.78, 5) is 2.37. The molecule has 63 heavy (non-hydrogen) atoms. The van der Waals surface area contributed by atoms with Crippen molar-refractivity contribution in [2.45, 2.75) is 0 Å². The van der Waals surface area contributed by atoms with Gasteiger partial charge in [-0.05, 0) is 91.0 Å². The Hall–Kier alpha value is -7.98. The molecule has 11 rings (SSSR count). The van der Waals surface area contributed by atoms with Gasteiger partial charge < -0.3 is 9.32 Å². The van der Waals surface area contributed by atoms with E-state index in [4.69, 9.17) is 4.42 Å². The van der Waals surface area contributed by atoms with Crippen LogP contribution in [0.1, 0.15) is 0 Å². The normalized spacial score (nSPS) is 11.5. The van der Waals surface area contributed by atoms with E-state index in [9.17, 15) is 0 Å². The first-order chi connectivity index (χ1) is 31.2. The van der Waals surface area contributed by atoms with E-state index >= 15 is 0 Å². The van der Waals surface area contributed by atoms with E-state index in [-0.39, 0.29) is 0 Å². The van der Waals surface area contributed by atoms with Gasteiger partial charge in [-0.3, -0.25) is 0 Å². The molecular formula is C60H43NOSi. The van der Waals surface area contributed by atoms with Crippen molar-refractivity contribution < 1.29 is 4.42 Å². The second-order valence-electron chi connectivity index (χ2n) is 16.0. The summed E-state index contributed by atoms with van der Waals surface area (Å²) in [5.74, 6) is 0. The van der Waals surface area contributed by atoms with Crippen LogP contribution in [0.15, 0.2) is 265 Å². The summed E-state index contributed by atoms with van der Waals surface area (Å²) in [6.07, 6.45) is 0. The zero-order valence-electron chi connectivity index (χ0n) is 34.7. The van der Waals surface area contributed by atoms with Gasteiger partial charge in [0.1, 0.15) is 11.2 Å². The quantitative estimate of drug-likeness (QED) is 0.101. The Kier molecular flexibility index (Phi) is 9.93. The average Bonchev–Trinajstić information content (AvgIpc) is 3.76. The number of furan rings is 1. The maximum absolute atomic E-state index is 6.37. The highest BCUT2D eigenvalue weighted by molar-refractivity contribution is 7.19. The molecule has 298 valence electrons. The Labute approximate surface area is 369 Å². The second-order valence-corrected chi connectivity index (χ2v) is 19.9. The number of para-hydroxylation sites is 2. The lowest BCUT2D eigenvalue weighted by molar-refractivity contribution is 0.670. The molecule has 0 aliphatic carbocycles. The molecule has 0 radical (unpaired) electrons. The summed E-state index contributed by atoms with van der Waals surface area (Å²) in [6.45, 7) is 0. The molecule has 10 aromatic carbocycles. The van der Waals surface area contributed by atoms with Crippen molar-refractivity contribution in [2.24, 2.45) is 0 Å². The third-order valence-electron chi connectivity index (χ3n) is 12.5. The zero-order chi connectivity index (χ0) is 42.0. The summed E-state index contributed by atoms with van der Waals surface area (Å²) in [7, 11) is -2.68. The van der Waals surface area contributed by atoms with Gasteiger partial charge in [0.15, 0.2) is 8.07 Å². The Morgan fingerprint density at radius 3 is 1.14 bits per heavy atom. The lowest BCUT2D eigenvalue weighted by atomic mass is 9.98. The zero-order valence-corrected chi connectivity index (χ0v) is 35.7. The Morgan fingerprint density at radius 1 is 0.270 bits per heavy atom. The molecule has 0 bridgehead atoms. The lowest BCUT2D eigenvalue weighted by Crippen LogP contribution is -2.74. The van der Waals surface area contributed by atoms with Crippen molar-refractivity contribution in [1.29, 1.82) is 0 Å². The first-order valence-electron chi connectivity index (χ1n) is 21.6. The van der Waals surface area contributed by atoms with E-state index in [1.165, 1.54) is 31.9 Å². The molecule has 1 heterocycles. The number of benzene rings is 10. The molecule has 0 N–H and O–H groups in total. The van der Waals surface area contributed by atoms with Gasteiger partial charge in [0.05, 0.1) is 0 Å². The van der Waals surface area contributed by atoms with Gasteiger partial charge in [-0.1, -0.05) is 218 Å². The molecule has 3 heteroatoms. The van der Waals surface area contributed by atoms with Crippen LogP contribution in [0.5, 0.6) is 0 Å². The highest BCUT2D eigenvalue weighted by Gasteiger charge is 2.41. The molecular weight excluding hydrogens is 779 g/mol. The SMILES string of the molecule is c1ccc(-c2ccc(N(c3ccc(-c4ccc(-c5cccc6c5oc5ccccc56)cc4)cc3)c3ccc([Si](c4ccccc4)(c4ccccc4)c4ccccc4)cc3)cc2)cc1. The summed E-state index contributed by atoms with van der Waals surface area (Å²) >= 11 is 0. The Bertz CT molecular complexity index is 3180. The van der Waals surface area contributed by atoms with E-state index < -0.39 is 8.07 Å². The number of fused-ring (bicyclic) bond motifs is 3. The molecule has 0 spiro atoms. The summed E-state index contributed by atoms with van der Waals surface area (Å²) in [5, 5.41) is 7.70. The van der Waals surface area contributed by atoms with Crippen molar-refractivity contribution in [3.8, 4) is 33.4 Å². The van der Waals surface area contributed by atoms with Gasteiger partial charge in [0.2, 0.25) is 0 Å². The van der Waals surface area contributed by atoms with Crippen LogP contribution in [0.3, 0.4) is 0 Å². The number of anilines is 3. The molecule has 0 unspecified atom stereocenters. The van der Waals surface area contributed by atoms with Crippen molar-refractivity contribution >= 4 is 67.8 Å². The Morgan fingerprint density at radius 2 is 0.635 bits per heavy atom. The maximum atomic E-state index is 6.37.